The van der Waals surface area contributed by atoms with Crippen LogP contribution < -0.4 is 4.74 Å². The van der Waals surface area contributed by atoms with E-state index in [9.17, 15) is 0 Å². The van der Waals surface area contributed by atoms with Crippen LogP contribution in [-0.4, -0.2) is 22.1 Å². The van der Waals surface area contributed by atoms with E-state index in [4.69, 9.17) is 4.74 Å². The van der Waals surface area contributed by atoms with E-state index in [2.05, 4.69) is 21.0 Å². The maximum absolute atomic E-state index is 5.37. The lowest BCUT2D eigenvalue weighted by Gasteiger charge is -2.07. The molecule has 4 rings (SSSR count). The SMILES string of the molecule is COc1cccc(-c2c(-c3ccncc3)[nH]c3cccnc23)c1. The second-order valence-electron chi connectivity index (χ2n) is 5.24. The maximum atomic E-state index is 5.37. The van der Waals surface area contributed by atoms with Crippen molar-refractivity contribution in [1.29, 1.82) is 0 Å². The second kappa shape index (κ2) is 5.57. The Hall–Kier alpha value is -3.14. The van der Waals surface area contributed by atoms with E-state index < -0.39 is 0 Å². The first-order valence-electron chi connectivity index (χ1n) is 7.38. The highest BCUT2D eigenvalue weighted by atomic mass is 16.5. The van der Waals surface area contributed by atoms with Gasteiger partial charge >= 0.3 is 0 Å². The molecule has 4 heteroatoms. The Balaban J connectivity index is 2.03. The smallest absolute Gasteiger partial charge is 0.119 e. The summed E-state index contributed by atoms with van der Waals surface area (Å²) in [5.74, 6) is 0.827. The van der Waals surface area contributed by atoms with Crippen LogP contribution in [0, 0.1) is 0 Å². The van der Waals surface area contributed by atoms with E-state index in [1.807, 2.05) is 48.7 Å². The Morgan fingerprint density at radius 3 is 2.61 bits per heavy atom. The van der Waals surface area contributed by atoms with Crippen molar-refractivity contribution in [3.63, 3.8) is 0 Å². The van der Waals surface area contributed by atoms with Gasteiger partial charge < -0.3 is 9.72 Å². The van der Waals surface area contributed by atoms with Crippen molar-refractivity contribution in [2.45, 2.75) is 0 Å². The molecule has 4 nitrogen and oxygen atoms in total. The zero-order valence-corrected chi connectivity index (χ0v) is 12.7. The number of rotatable bonds is 3. The molecule has 0 bridgehead atoms. The predicted octanol–water partition coefficient (Wildman–Crippen LogP) is 4.30. The summed E-state index contributed by atoms with van der Waals surface area (Å²) < 4.78 is 5.37. The van der Waals surface area contributed by atoms with Crippen LogP contribution in [0.15, 0.2) is 67.1 Å². The van der Waals surface area contributed by atoms with Gasteiger partial charge in [-0.25, -0.2) is 0 Å². The first kappa shape index (κ1) is 13.5. The van der Waals surface area contributed by atoms with Crippen molar-refractivity contribution >= 4 is 11.0 Å². The van der Waals surface area contributed by atoms with Gasteiger partial charge in [0.15, 0.2) is 0 Å². The molecule has 0 radical (unpaired) electrons. The number of aromatic nitrogens is 3. The van der Waals surface area contributed by atoms with Crippen LogP contribution in [0.25, 0.3) is 33.4 Å². The van der Waals surface area contributed by atoms with Crippen LogP contribution in [0.4, 0.5) is 0 Å². The van der Waals surface area contributed by atoms with Crippen molar-refractivity contribution < 1.29 is 4.74 Å². The molecule has 0 aliphatic rings. The van der Waals surface area contributed by atoms with Gasteiger partial charge in [-0.15, -0.1) is 0 Å². The van der Waals surface area contributed by atoms with Crippen LogP contribution in [-0.2, 0) is 0 Å². The third kappa shape index (κ3) is 2.34. The molecule has 0 aliphatic heterocycles. The van der Waals surface area contributed by atoms with Gasteiger partial charge in [0, 0.05) is 29.7 Å². The number of nitrogens with zero attached hydrogens (tertiary/aromatic N) is 2. The summed E-state index contributed by atoms with van der Waals surface area (Å²) in [5, 5.41) is 0. The Bertz CT molecular complexity index is 961. The lowest BCUT2D eigenvalue weighted by Crippen LogP contribution is -1.86. The van der Waals surface area contributed by atoms with Crippen molar-refractivity contribution in [2.24, 2.45) is 0 Å². The number of ether oxygens (including phenoxy) is 1. The number of nitrogens with one attached hydrogen (secondary N) is 1. The number of H-pyrrole nitrogens is 1. The number of benzene rings is 1. The summed E-state index contributed by atoms with van der Waals surface area (Å²) in [6.45, 7) is 0. The molecule has 4 aromatic rings. The number of fused-ring (bicyclic) bond motifs is 1. The highest BCUT2D eigenvalue weighted by Crippen LogP contribution is 2.38. The summed E-state index contributed by atoms with van der Waals surface area (Å²) in [6.07, 6.45) is 5.41. The monoisotopic (exact) mass is 301 g/mol. The van der Waals surface area contributed by atoms with Crippen molar-refractivity contribution in [3.05, 3.63) is 67.1 Å². The second-order valence-corrected chi connectivity index (χ2v) is 5.24. The van der Waals surface area contributed by atoms with E-state index in [0.717, 1.165) is 39.2 Å². The molecule has 112 valence electrons. The quantitative estimate of drug-likeness (QED) is 0.614. The molecule has 1 aromatic carbocycles. The van der Waals surface area contributed by atoms with Crippen LogP contribution >= 0.6 is 0 Å². The van der Waals surface area contributed by atoms with E-state index >= 15 is 0 Å². The van der Waals surface area contributed by atoms with Gasteiger partial charge in [0.05, 0.1) is 23.8 Å². The number of pyridine rings is 2. The molecule has 3 heterocycles. The Morgan fingerprint density at radius 2 is 1.78 bits per heavy atom. The molecular formula is C19H15N3O. The standard InChI is InChI=1S/C19H15N3O/c1-23-15-5-2-4-14(12-15)17-18(13-7-10-20-11-8-13)22-16-6-3-9-21-19(16)17/h2-12,22H,1H3. The molecule has 23 heavy (non-hydrogen) atoms. The summed E-state index contributed by atoms with van der Waals surface area (Å²) >= 11 is 0. The summed E-state index contributed by atoms with van der Waals surface area (Å²) in [4.78, 5) is 12.2. The van der Waals surface area contributed by atoms with Crippen LogP contribution in [0.3, 0.4) is 0 Å². The first-order chi connectivity index (χ1) is 11.4. The minimum absolute atomic E-state index is 0.827. The number of methoxy groups -OCH3 is 1. The van der Waals surface area contributed by atoms with E-state index in [0.29, 0.717) is 0 Å². The third-order valence-corrected chi connectivity index (χ3v) is 3.88. The van der Waals surface area contributed by atoms with Crippen LogP contribution in [0.5, 0.6) is 5.75 Å². The van der Waals surface area contributed by atoms with Crippen molar-refractivity contribution in [1.82, 2.24) is 15.0 Å². The molecule has 0 saturated carbocycles. The van der Waals surface area contributed by atoms with Crippen LogP contribution in [0.2, 0.25) is 0 Å². The largest absolute Gasteiger partial charge is 0.497 e. The number of aromatic amines is 1. The summed E-state index contributed by atoms with van der Waals surface area (Å²) in [5.41, 5.74) is 6.22. The normalized spacial score (nSPS) is 10.8. The van der Waals surface area contributed by atoms with Gasteiger partial charge in [-0.3, -0.25) is 9.97 Å². The maximum Gasteiger partial charge on any atom is 0.119 e. The Labute approximate surface area is 133 Å². The zero-order chi connectivity index (χ0) is 15.6. The van der Waals surface area contributed by atoms with Crippen molar-refractivity contribution in [3.8, 4) is 28.1 Å². The average Bonchev–Trinajstić information content (AvgIpc) is 3.02. The van der Waals surface area contributed by atoms with Gasteiger partial charge in [-0.05, 0) is 42.0 Å². The minimum Gasteiger partial charge on any atom is -0.497 e. The molecule has 3 aromatic heterocycles. The molecule has 0 amide bonds. The van der Waals surface area contributed by atoms with Crippen LogP contribution in [0.1, 0.15) is 0 Å². The highest BCUT2D eigenvalue weighted by Gasteiger charge is 2.16. The topological polar surface area (TPSA) is 50.8 Å². The summed E-state index contributed by atoms with van der Waals surface area (Å²) in [6, 6.07) is 16.0. The third-order valence-electron chi connectivity index (χ3n) is 3.88. The summed E-state index contributed by atoms with van der Waals surface area (Å²) in [7, 11) is 1.68. The predicted molar refractivity (Wildman–Crippen MR) is 91.3 cm³/mol. The molecular weight excluding hydrogens is 286 g/mol. The lowest BCUT2D eigenvalue weighted by atomic mass is 10.0. The number of hydrogen-bond donors (Lipinski definition) is 1. The average molecular weight is 301 g/mol. The number of hydrogen-bond acceptors (Lipinski definition) is 3. The molecule has 0 unspecified atom stereocenters. The fourth-order valence-corrected chi connectivity index (χ4v) is 2.82. The molecule has 0 saturated heterocycles. The Kier molecular flexibility index (Phi) is 3.27. The van der Waals surface area contributed by atoms with Gasteiger partial charge in [0.25, 0.3) is 0 Å². The van der Waals surface area contributed by atoms with Gasteiger partial charge in [-0.1, -0.05) is 12.1 Å². The van der Waals surface area contributed by atoms with Gasteiger partial charge in [0.2, 0.25) is 0 Å². The zero-order valence-electron chi connectivity index (χ0n) is 12.7. The van der Waals surface area contributed by atoms with Crippen molar-refractivity contribution in [2.75, 3.05) is 7.11 Å². The molecule has 0 aliphatic carbocycles. The first-order valence-corrected chi connectivity index (χ1v) is 7.38. The van der Waals surface area contributed by atoms with E-state index in [-0.39, 0.29) is 0 Å². The lowest BCUT2D eigenvalue weighted by molar-refractivity contribution is 0.415. The van der Waals surface area contributed by atoms with Gasteiger partial charge in [0.1, 0.15) is 5.75 Å². The fourth-order valence-electron chi connectivity index (χ4n) is 2.82. The highest BCUT2D eigenvalue weighted by molar-refractivity contribution is 6.01. The fraction of sp³-hybridized carbons (Fsp3) is 0.0526. The van der Waals surface area contributed by atoms with Gasteiger partial charge in [-0.2, -0.15) is 0 Å². The molecule has 0 atom stereocenters. The minimum atomic E-state index is 0.827. The van der Waals surface area contributed by atoms with E-state index in [1.54, 1.807) is 19.5 Å². The Morgan fingerprint density at radius 1 is 0.913 bits per heavy atom. The molecule has 0 spiro atoms. The molecule has 1 N–H and O–H groups in total. The van der Waals surface area contributed by atoms with E-state index in [1.165, 1.54) is 0 Å². The molecule has 0 fully saturated rings.